The summed E-state index contributed by atoms with van der Waals surface area (Å²) in [7, 11) is 0. The van der Waals surface area contributed by atoms with E-state index in [2.05, 4.69) is 31.6 Å². The fourth-order valence-electron chi connectivity index (χ4n) is 4.19. The molecular formula is C19H23N3OS. The Morgan fingerprint density at radius 2 is 2.21 bits per heavy atom. The third-order valence-corrected chi connectivity index (χ3v) is 6.09. The monoisotopic (exact) mass is 341 g/mol. The molecule has 2 saturated heterocycles. The first kappa shape index (κ1) is 15.8. The van der Waals surface area contributed by atoms with Crippen molar-refractivity contribution in [3.8, 4) is 0 Å². The summed E-state index contributed by atoms with van der Waals surface area (Å²) in [6, 6.07) is 5.92. The Labute approximate surface area is 147 Å². The minimum atomic E-state index is 0.137. The van der Waals surface area contributed by atoms with Gasteiger partial charge in [-0.15, -0.1) is 0 Å². The van der Waals surface area contributed by atoms with Gasteiger partial charge in [0, 0.05) is 44.0 Å². The molecule has 1 amide bonds. The smallest absolute Gasteiger partial charge is 0.255 e. The molecule has 5 heteroatoms. The van der Waals surface area contributed by atoms with Gasteiger partial charge in [-0.3, -0.25) is 14.7 Å². The highest BCUT2D eigenvalue weighted by molar-refractivity contribution is 7.07. The molecule has 2 aromatic rings. The van der Waals surface area contributed by atoms with Crippen LogP contribution in [0.1, 0.15) is 35.2 Å². The zero-order valence-electron chi connectivity index (χ0n) is 13.9. The van der Waals surface area contributed by atoms with E-state index in [0.717, 1.165) is 39.1 Å². The fraction of sp³-hybridized carbons (Fsp3) is 0.474. The molecule has 0 aromatic carbocycles. The molecule has 0 bridgehead atoms. The summed E-state index contributed by atoms with van der Waals surface area (Å²) in [6.07, 6.45) is 6.95. The Hall–Kier alpha value is -1.72. The van der Waals surface area contributed by atoms with E-state index in [1.807, 2.05) is 12.1 Å². The normalized spacial score (nSPS) is 24.6. The van der Waals surface area contributed by atoms with Gasteiger partial charge >= 0.3 is 0 Å². The van der Waals surface area contributed by atoms with E-state index >= 15 is 0 Å². The predicted molar refractivity (Wildman–Crippen MR) is 96.0 cm³/mol. The lowest BCUT2D eigenvalue weighted by atomic mass is 9.79. The summed E-state index contributed by atoms with van der Waals surface area (Å²) < 4.78 is 0. The second-order valence-electron chi connectivity index (χ2n) is 7.16. The van der Waals surface area contributed by atoms with Gasteiger partial charge in [0.25, 0.3) is 5.91 Å². The quantitative estimate of drug-likeness (QED) is 0.860. The van der Waals surface area contributed by atoms with Crippen molar-refractivity contribution < 1.29 is 4.79 Å². The number of hydrogen-bond acceptors (Lipinski definition) is 4. The molecule has 2 aromatic heterocycles. The molecule has 1 atom stereocenters. The van der Waals surface area contributed by atoms with Crippen molar-refractivity contribution in [2.45, 2.75) is 25.8 Å². The van der Waals surface area contributed by atoms with Crippen LogP contribution in [0.5, 0.6) is 0 Å². The van der Waals surface area contributed by atoms with Crippen LogP contribution in [0.3, 0.4) is 0 Å². The summed E-state index contributed by atoms with van der Waals surface area (Å²) in [5.41, 5.74) is 2.41. The van der Waals surface area contributed by atoms with Crippen LogP contribution >= 0.6 is 11.3 Å². The second kappa shape index (κ2) is 6.65. The SMILES string of the molecule is O=C(c1cccnc1)N1CCC[C@]2(CCN(Cc3ccsc3)C2)C1. The van der Waals surface area contributed by atoms with Crippen LogP contribution in [-0.2, 0) is 6.54 Å². The minimum Gasteiger partial charge on any atom is -0.338 e. The molecule has 4 rings (SSSR count). The molecule has 4 nitrogen and oxygen atoms in total. The van der Waals surface area contributed by atoms with Crippen LogP contribution in [0, 0.1) is 5.41 Å². The molecule has 126 valence electrons. The molecule has 0 unspecified atom stereocenters. The Bertz CT molecular complexity index is 688. The Morgan fingerprint density at radius 3 is 3.00 bits per heavy atom. The Kier molecular flexibility index (Phi) is 4.37. The van der Waals surface area contributed by atoms with E-state index in [4.69, 9.17) is 0 Å². The number of carbonyl (C=O) groups is 1. The van der Waals surface area contributed by atoms with Gasteiger partial charge in [0.2, 0.25) is 0 Å². The van der Waals surface area contributed by atoms with E-state index in [9.17, 15) is 4.79 Å². The van der Waals surface area contributed by atoms with Gasteiger partial charge in [0.1, 0.15) is 0 Å². The van der Waals surface area contributed by atoms with Gasteiger partial charge in [0.15, 0.2) is 0 Å². The van der Waals surface area contributed by atoms with Crippen molar-refractivity contribution in [1.29, 1.82) is 0 Å². The summed E-state index contributed by atoms with van der Waals surface area (Å²) >= 11 is 1.77. The van der Waals surface area contributed by atoms with E-state index in [1.54, 1.807) is 23.7 Å². The van der Waals surface area contributed by atoms with Crippen LogP contribution < -0.4 is 0 Å². The highest BCUT2D eigenvalue weighted by atomic mass is 32.1. The van der Waals surface area contributed by atoms with Crippen molar-refractivity contribution >= 4 is 17.2 Å². The van der Waals surface area contributed by atoms with Crippen molar-refractivity contribution in [1.82, 2.24) is 14.8 Å². The molecule has 0 saturated carbocycles. The summed E-state index contributed by atoms with van der Waals surface area (Å²) in [6.45, 7) is 5.06. The zero-order chi connectivity index (χ0) is 16.4. The number of rotatable bonds is 3. The van der Waals surface area contributed by atoms with Crippen molar-refractivity contribution in [3.63, 3.8) is 0 Å². The molecule has 0 radical (unpaired) electrons. The van der Waals surface area contributed by atoms with Crippen molar-refractivity contribution in [2.75, 3.05) is 26.2 Å². The first-order valence-corrected chi connectivity index (χ1v) is 9.61. The van der Waals surface area contributed by atoms with Gasteiger partial charge in [-0.25, -0.2) is 0 Å². The van der Waals surface area contributed by atoms with Gasteiger partial charge in [-0.2, -0.15) is 11.3 Å². The third kappa shape index (κ3) is 3.23. The van der Waals surface area contributed by atoms with Crippen molar-refractivity contribution in [3.05, 3.63) is 52.5 Å². The number of amides is 1. The van der Waals surface area contributed by atoms with Crippen LogP contribution in [0.2, 0.25) is 0 Å². The highest BCUT2D eigenvalue weighted by Gasteiger charge is 2.42. The maximum absolute atomic E-state index is 12.8. The Morgan fingerprint density at radius 1 is 1.25 bits per heavy atom. The van der Waals surface area contributed by atoms with Crippen molar-refractivity contribution in [2.24, 2.45) is 5.41 Å². The summed E-state index contributed by atoms with van der Waals surface area (Å²) in [5, 5.41) is 4.39. The standard InChI is InChI=1S/C19H23N3OS/c23-18(17-3-1-7-20-11-17)22-8-2-5-19(15-22)6-9-21(14-19)12-16-4-10-24-13-16/h1,3-4,7,10-11,13H,2,5-6,8-9,12,14-15H2/t19-/m1/s1. The molecule has 2 aliphatic heterocycles. The molecule has 2 fully saturated rings. The first-order valence-electron chi connectivity index (χ1n) is 8.67. The number of carbonyl (C=O) groups excluding carboxylic acids is 1. The fourth-order valence-corrected chi connectivity index (χ4v) is 4.85. The van der Waals surface area contributed by atoms with Crippen LogP contribution in [-0.4, -0.2) is 46.9 Å². The average molecular weight is 341 g/mol. The first-order chi connectivity index (χ1) is 11.7. The average Bonchev–Trinajstić information content (AvgIpc) is 3.26. The highest BCUT2D eigenvalue weighted by Crippen LogP contribution is 2.39. The summed E-state index contributed by atoms with van der Waals surface area (Å²) in [5.74, 6) is 0.137. The molecule has 2 aliphatic rings. The molecular weight excluding hydrogens is 318 g/mol. The lowest BCUT2D eigenvalue weighted by Crippen LogP contribution is -2.47. The van der Waals surface area contributed by atoms with Gasteiger partial charge in [-0.1, -0.05) is 0 Å². The number of hydrogen-bond donors (Lipinski definition) is 0. The molecule has 0 aliphatic carbocycles. The zero-order valence-corrected chi connectivity index (χ0v) is 14.7. The number of pyridine rings is 1. The number of aromatic nitrogens is 1. The second-order valence-corrected chi connectivity index (χ2v) is 7.94. The van der Waals surface area contributed by atoms with Crippen LogP contribution in [0.4, 0.5) is 0 Å². The van der Waals surface area contributed by atoms with Crippen LogP contribution in [0.15, 0.2) is 41.4 Å². The molecule has 0 N–H and O–H groups in total. The number of piperidine rings is 1. The van der Waals surface area contributed by atoms with E-state index in [1.165, 1.54) is 18.4 Å². The maximum Gasteiger partial charge on any atom is 0.255 e. The van der Waals surface area contributed by atoms with Gasteiger partial charge < -0.3 is 4.90 Å². The van der Waals surface area contributed by atoms with E-state index < -0.39 is 0 Å². The third-order valence-electron chi connectivity index (χ3n) is 5.36. The lowest BCUT2D eigenvalue weighted by Gasteiger charge is -2.40. The molecule has 1 spiro atoms. The predicted octanol–water partition coefficient (Wildman–Crippen LogP) is 3.27. The largest absolute Gasteiger partial charge is 0.338 e. The van der Waals surface area contributed by atoms with Crippen LogP contribution in [0.25, 0.3) is 0 Å². The molecule has 4 heterocycles. The minimum absolute atomic E-state index is 0.137. The van der Waals surface area contributed by atoms with Gasteiger partial charge in [-0.05, 0) is 60.3 Å². The van der Waals surface area contributed by atoms with E-state index in [0.29, 0.717) is 5.56 Å². The Balaban J connectivity index is 1.42. The number of likely N-dealkylation sites (tertiary alicyclic amines) is 2. The van der Waals surface area contributed by atoms with E-state index in [-0.39, 0.29) is 11.3 Å². The number of nitrogens with zero attached hydrogens (tertiary/aromatic N) is 3. The topological polar surface area (TPSA) is 36.4 Å². The lowest BCUT2D eigenvalue weighted by molar-refractivity contribution is 0.0526. The number of thiophene rings is 1. The maximum atomic E-state index is 12.8. The van der Waals surface area contributed by atoms with Gasteiger partial charge in [0.05, 0.1) is 5.56 Å². The summed E-state index contributed by atoms with van der Waals surface area (Å²) in [4.78, 5) is 21.4. The molecule has 24 heavy (non-hydrogen) atoms.